The smallest absolute Gasteiger partial charge is 0.163 e. The molecule has 1 aliphatic carbocycles. The molecule has 0 atom stereocenters. The summed E-state index contributed by atoms with van der Waals surface area (Å²) in [4.78, 5) is 12.4. The third-order valence-corrected chi connectivity index (χ3v) is 7.62. The van der Waals surface area contributed by atoms with Gasteiger partial charge in [0.05, 0.1) is 53.1 Å². The zero-order valence-electron chi connectivity index (χ0n) is 22.2. The van der Waals surface area contributed by atoms with E-state index < -0.39 is 0 Å². The van der Waals surface area contributed by atoms with E-state index in [9.17, 15) is 0 Å². The Bertz CT molecular complexity index is 1470. The number of ether oxygens (including phenoxy) is 1. The zero-order chi connectivity index (χ0) is 26.4. The van der Waals surface area contributed by atoms with Crippen LogP contribution in [0, 0.1) is 20.8 Å². The van der Waals surface area contributed by atoms with Crippen LogP contribution in [0.3, 0.4) is 0 Å². The molecule has 0 spiro atoms. The van der Waals surface area contributed by atoms with Gasteiger partial charge in [0.15, 0.2) is 5.82 Å². The fraction of sp³-hybridized carbons (Fsp3) is 0.429. The number of anilines is 1. The van der Waals surface area contributed by atoms with Crippen molar-refractivity contribution in [3.8, 4) is 28.4 Å². The van der Waals surface area contributed by atoms with E-state index in [4.69, 9.17) is 30.8 Å². The minimum absolute atomic E-state index is 0.535. The van der Waals surface area contributed by atoms with Gasteiger partial charge in [-0.2, -0.15) is 5.10 Å². The van der Waals surface area contributed by atoms with Gasteiger partial charge in [-0.05, 0) is 71.8 Å². The zero-order valence-corrected chi connectivity index (χ0v) is 23.0. The molecule has 1 saturated carbocycles. The molecule has 1 aromatic carbocycles. The summed E-state index contributed by atoms with van der Waals surface area (Å²) in [6, 6.07) is 6.19. The van der Waals surface area contributed by atoms with Gasteiger partial charge in [-0.1, -0.05) is 16.8 Å². The van der Waals surface area contributed by atoms with Crippen molar-refractivity contribution < 1.29 is 9.26 Å². The molecule has 4 aromatic rings. The number of nitrogens with zero attached hydrogens (tertiary/aromatic N) is 6. The SMILES string of the molecule is CNCCCOc1ccc(Cl)c(-c2nc(-c3c(C)noc3C)c(C)c(N3Cc4cnn(C5CC5)c4C3)n2)c1. The van der Waals surface area contributed by atoms with Crippen molar-refractivity contribution in [2.75, 3.05) is 25.1 Å². The number of hydrogen-bond donors (Lipinski definition) is 1. The minimum atomic E-state index is 0.535. The first-order valence-electron chi connectivity index (χ1n) is 13.1. The van der Waals surface area contributed by atoms with Crippen LogP contribution in [-0.4, -0.2) is 45.1 Å². The first-order valence-corrected chi connectivity index (χ1v) is 13.5. The highest BCUT2D eigenvalue weighted by atomic mass is 35.5. The fourth-order valence-electron chi connectivity index (χ4n) is 5.16. The summed E-state index contributed by atoms with van der Waals surface area (Å²) in [5, 5.41) is 12.6. The molecule has 0 amide bonds. The van der Waals surface area contributed by atoms with Crippen molar-refractivity contribution in [3.63, 3.8) is 0 Å². The quantitative estimate of drug-likeness (QED) is 0.285. The highest BCUT2D eigenvalue weighted by Gasteiger charge is 2.33. The third-order valence-electron chi connectivity index (χ3n) is 7.29. The first kappa shape index (κ1) is 24.9. The lowest BCUT2D eigenvalue weighted by molar-refractivity contribution is 0.310. The molecule has 1 N–H and O–H groups in total. The average Bonchev–Trinajstić information content (AvgIpc) is 3.40. The van der Waals surface area contributed by atoms with Gasteiger partial charge in [-0.15, -0.1) is 0 Å². The third kappa shape index (κ3) is 4.54. The van der Waals surface area contributed by atoms with Crippen LogP contribution in [-0.2, 0) is 13.1 Å². The summed E-state index contributed by atoms with van der Waals surface area (Å²) in [5.41, 5.74) is 6.73. The lowest BCUT2D eigenvalue weighted by Gasteiger charge is -2.22. The van der Waals surface area contributed by atoms with Gasteiger partial charge in [0.1, 0.15) is 17.3 Å². The lowest BCUT2D eigenvalue weighted by Crippen LogP contribution is -2.20. The molecule has 0 bridgehead atoms. The Morgan fingerprint density at radius 2 is 2.00 bits per heavy atom. The number of halogens is 1. The van der Waals surface area contributed by atoms with E-state index >= 15 is 0 Å². The molecule has 9 nitrogen and oxygen atoms in total. The summed E-state index contributed by atoms with van der Waals surface area (Å²) in [7, 11) is 1.93. The number of fused-ring (bicyclic) bond motifs is 1. The molecule has 198 valence electrons. The first-order chi connectivity index (χ1) is 18.4. The summed E-state index contributed by atoms with van der Waals surface area (Å²) < 4.78 is 13.7. The summed E-state index contributed by atoms with van der Waals surface area (Å²) in [6.45, 7) is 8.93. The Hall–Kier alpha value is -3.43. The Kier molecular flexibility index (Phi) is 6.57. The van der Waals surface area contributed by atoms with Crippen molar-refractivity contribution in [3.05, 3.63) is 57.7 Å². The molecule has 10 heteroatoms. The number of aromatic nitrogens is 5. The predicted molar refractivity (Wildman–Crippen MR) is 147 cm³/mol. The molecule has 0 saturated heterocycles. The molecular formula is C28H32ClN7O2. The van der Waals surface area contributed by atoms with Gasteiger partial charge in [0, 0.05) is 23.2 Å². The van der Waals surface area contributed by atoms with E-state index in [0.717, 1.165) is 71.5 Å². The second kappa shape index (κ2) is 10.0. The summed E-state index contributed by atoms with van der Waals surface area (Å²) in [6.07, 6.45) is 5.31. The van der Waals surface area contributed by atoms with Crippen LogP contribution < -0.4 is 15.0 Å². The molecule has 1 fully saturated rings. The second-order valence-corrected chi connectivity index (χ2v) is 10.5. The Morgan fingerprint density at radius 3 is 2.74 bits per heavy atom. The largest absolute Gasteiger partial charge is 0.494 e. The monoisotopic (exact) mass is 533 g/mol. The molecule has 2 aliphatic rings. The van der Waals surface area contributed by atoms with E-state index in [2.05, 4.69) is 32.1 Å². The Labute approximate surface area is 227 Å². The minimum Gasteiger partial charge on any atom is -0.494 e. The number of rotatable bonds is 9. The predicted octanol–water partition coefficient (Wildman–Crippen LogP) is 5.42. The Morgan fingerprint density at radius 1 is 1.16 bits per heavy atom. The molecule has 38 heavy (non-hydrogen) atoms. The van der Waals surface area contributed by atoms with Gasteiger partial charge in [0.2, 0.25) is 0 Å². The van der Waals surface area contributed by atoms with Crippen LogP contribution in [0.5, 0.6) is 5.75 Å². The van der Waals surface area contributed by atoms with E-state index in [-0.39, 0.29) is 0 Å². The van der Waals surface area contributed by atoms with E-state index in [0.29, 0.717) is 23.5 Å². The summed E-state index contributed by atoms with van der Waals surface area (Å²) >= 11 is 6.72. The standard InChI is InChI=1S/C28H32ClN7O2/c1-16-26(25-17(2)34-38-18(25)3)32-27(22-12-21(8-9-23(22)29)37-11-5-10-30-4)33-28(16)35-14-19-13-31-36(20-6-7-20)24(19)15-35/h8-9,12-13,20,30H,5-7,10-11,14-15H2,1-4H3. The number of aryl methyl sites for hydroxylation is 2. The second-order valence-electron chi connectivity index (χ2n) is 10.1. The average molecular weight is 534 g/mol. The number of hydrogen-bond acceptors (Lipinski definition) is 8. The van der Waals surface area contributed by atoms with Crippen molar-refractivity contribution in [2.45, 2.75) is 59.2 Å². The van der Waals surface area contributed by atoms with E-state index in [1.54, 1.807) is 0 Å². The van der Waals surface area contributed by atoms with Crippen molar-refractivity contribution in [1.29, 1.82) is 0 Å². The van der Waals surface area contributed by atoms with Crippen LogP contribution in [0.25, 0.3) is 22.6 Å². The molecular weight excluding hydrogens is 502 g/mol. The van der Waals surface area contributed by atoms with Crippen molar-refractivity contribution >= 4 is 17.4 Å². The van der Waals surface area contributed by atoms with Crippen LogP contribution in [0.15, 0.2) is 28.9 Å². The Balaban J connectivity index is 1.43. The van der Waals surface area contributed by atoms with Gasteiger partial charge in [-0.3, -0.25) is 4.68 Å². The molecule has 0 radical (unpaired) electrons. The molecule has 4 heterocycles. The van der Waals surface area contributed by atoms with E-state index in [1.807, 2.05) is 45.3 Å². The van der Waals surface area contributed by atoms with Crippen LogP contribution >= 0.6 is 11.6 Å². The highest BCUT2D eigenvalue weighted by molar-refractivity contribution is 6.33. The van der Waals surface area contributed by atoms with Gasteiger partial charge >= 0.3 is 0 Å². The fourth-order valence-corrected chi connectivity index (χ4v) is 5.36. The van der Waals surface area contributed by atoms with Crippen LogP contribution in [0.1, 0.15) is 53.6 Å². The van der Waals surface area contributed by atoms with Gasteiger partial charge in [-0.25, -0.2) is 9.97 Å². The van der Waals surface area contributed by atoms with Crippen molar-refractivity contribution in [2.24, 2.45) is 0 Å². The highest BCUT2D eigenvalue weighted by Crippen LogP contribution is 2.41. The van der Waals surface area contributed by atoms with Gasteiger partial charge < -0.3 is 19.5 Å². The van der Waals surface area contributed by atoms with Crippen LogP contribution in [0.2, 0.25) is 5.02 Å². The number of benzene rings is 1. The molecule has 3 aromatic heterocycles. The normalized spacial score (nSPS) is 14.8. The maximum absolute atomic E-state index is 6.72. The number of nitrogens with one attached hydrogen (secondary N) is 1. The molecule has 6 rings (SSSR count). The summed E-state index contributed by atoms with van der Waals surface area (Å²) in [5.74, 6) is 2.89. The lowest BCUT2D eigenvalue weighted by atomic mass is 10.0. The van der Waals surface area contributed by atoms with Crippen LogP contribution in [0.4, 0.5) is 5.82 Å². The maximum Gasteiger partial charge on any atom is 0.163 e. The maximum atomic E-state index is 6.72. The molecule has 0 unspecified atom stereocenters. The molecule has 1 aliphatic heterocycles. The van der Waals surface area contributed by atoms with Gasteiger partial charge in [0.25, 0.3) is 0 Å². The topological polar surface area (TPSA) is 94.1 Å². The van der Waals surface area contributed by atoms with E-state index in [1.165, 1.54) is 24.1 Å². The van der Waals surface area contributed by atoms with Crippen molar-refractivity contribution in [1.82, 2.24) is 30.2 Å².